The van der Waals surface area contributed by atoms with Crippen LogP contribution in [0.5, 0.6) is 11.5 Å². The van der Waals surface area contributed by atoms with E-state index in [1.807, 2.05) is 0 Å². The van der Waals surface area contributed by atoms with Gasteiger partial charge in [0.2, 0.25) is 0 Å². The minimum Gasteiger partial charge on any atom is -0.465 e. The molecule has 3 rings (SSSR count). The van der Waals surface area contributed by atoms with Gasteiger partial charge in [0.25, 0.3) is 0 Å². The van der Waals surface area contributed by atoms with Gasteiger partial charge >= 0.3 is 24.1 Å². The molecule has 2 amide bonds. The molecule has 10 nitrogen and oxygen atoms in total. The van der Waals surface area contributed by atoms with E-state index in [0.29, 0.717) is 32.5 Å². The molecule has 0 saturated carbocycles. The first kappa shape index (κ1) is 24.6. The van der Waals surface area contributed by atoms with E-state index in [-0.39, 0.29) is 28.5 Å². The number of hydrogen-bond acceptors (Lipinski definition) is 8. The summed E-state index contributed by atoms with van der Waals surface area (Å²) >= 11 is 0. The Morgan fingerprint density at radius 1 is 0.824 bits per heavy atom. The van der Waals surface area contributed by atoms with E-state index in [4.69, 9.17) is 14.2 Å². The van der Waals surface area contributed by atoms with Crippen molar-refractivity contribution in [3.8, 4) is 11.5 Å². The standard InChI is InChI=1S/C24H26N2O8/c1-31-21(27)17-7-3-5-9-19(17)33-23(29)25-15-16-11-13-26(14-12-16)24(30)34-20-10-6-4-8-18(20)22(28)32-2/h3-10,16H,11-15H2,1-2H3,(H,25,29). The summed E-state index contributed by atoms with van der Waals surface area (Å²) in [6, 6.07) is 12.7. The third-order valence-corrected chi connectivity index (χ3v) is 5.39. The minimum atomic E-state index is -0.683. The topological polar surface area (TPSA) is 120 Å². The molecule has 1 N–H and O–H groups in total. The number of methoxy groups -OCH3 is 2. The van der Waals surface area contributed by atoms with Crippen LogP contribution in [0.15, 0.2) is 48.5 Å². The van der Waals surface area contributed by atoms with Gasteiger partial charge in [0, 0.05) is 19.6 Å². The van der Waals surface area contributed by atoms with Crippen LogP contribution in [-0.4, -0.2) is 62.9 Å². The van der Waals surface area contributed by atoms with E-state index in [9.17, 15) is 19.2 Å². The van der Waals surface area contributed by atoms with Crippen LogP contribution in [0.1, 0.15) is 33.6 Å². The quantitative estimate of drug-likeness (QED) is 0.639. The molecule has 1 heterocycles. The monoisotopic (exact) mass is 470 g/mol. The van der Waals surface area contributed by atoms with Gasteiger partial charge in [-0.15, -0.1) is 0 Å². The van der Waals surface area contributed by atoms with Gasteiger partial charge in [-0.25, -0.2) is 19.2 Å². The minimum absolute atomic E-state index is 0.108. The van der Waals surface area contributed by atoms with Crippen molar-refractivity contribution in [1.29, 1.82) is 0 Å². The lowest BCUT2D eigenvalue weighted by Gasteiger charge is -2.31. The van der Waals surface area contributed by atoms with E-state index in [0.717, 1.165) is 0 Å². The molecule has 0 aromatic heterocycles. The van der Waals surface area contributed by atoms with E-state index in [1.165, 1.54) is 38.5 Å². The Kier molecular flexibility index (Phi) is 8.44. The van der Waals surface area contributed by atoms with Crippen molar-refractivity contribution in [2.45, 2.75) is 12.8 Å². The fraction of sp³-hybridized carbons (Fsp3) is 0.333. The van der Waals surface area contributed by atoms with Crippen LogP contribution in [0, 0.1) is 5.92 Å². The van der Waals surface area contributed by atoms with Gasteiger partial charge in [-0.2, -0.15) is 0 Å². The summed E-state index contributed by atoms with van der Waals surface area (Å²) < 4.78 is 20.1. The summed E-state index contributed by atoms with van der Waals surface area (Å²) in [6.07, 6.45) is 0.0544. The number of nitrogens with zero attached hydrogens (tertiary/aromatic N) is 1. The summed E-state index contributed by atoms with van der Waals surface area (Å²) in [5, 5.41) is 2.70. The molecule has 2 aromatic carbocycles. The SMILES string of the molecule is COC(=O)c1ccccc1OC(=O)NCC1CCN(C(=O)Oc2ccccc2C(=O)OC)CC1. The molecule has 1 aliphatic rings. The van der Waals surface area contributed by atoms with Gasteiger partial charge in [0.1, 0.15) is 22.6 Å². The smallest absolute Gasteiger partial charge is 0.415 e. The molecule has 0 bridgehead atoms. The average molecular weight is 470 g/mol. The molecule has 10 heteroatoms. The molecule has 0 radical (unpaired) electrons. The van der Waals surface area contributed by atoms with Gasteiger partial charge in [-0.05, 0) is 43.0 Å². The fourth-order valence-electron chi connectivity index (χ4n) is 3.51. The number of carbonyl (C=O) groups is 4. The maximum absolute atomic E-state index is 12.5. The third-order valence-electron chi connectivity index (χ3n) is 5.39. The first-order valence-corrected chi connectivity index (χ1v) is 10.7. The Labute approximate surface area is 196 Å². The van der Waals surface area contributed by atoms with Gasteiger partial charge in [0.05, 0.1) is 14.2 Å². The molecule has 1 aliphatic heterocycles. The first-order valence-electron chi connectivity index (χ1n) is 10.7. The summed E-state index contributed by atoms with van der Waals surface area (Å²) in [4.78, 5) is 49.9. The van der Waals surface area contributed by atoms with Crippen molar-refractivity contribution in [2.24, 2.45) is 5.92 Å². The molecule has 1 saturated heterocycles. The zero-order valence-electron chi connectivity index (χ0n) is 18.9. The molecule has 0 unspecified atom stereocenters. The van der Waals surface area contributed by atoms with Crippen LogP contribution in [0.2, 0.25) is 0 Å². The van der Waals surface area contributed by atoms with E-state index < -0.39 is 24.1 Å². The number of likely N-dealkylation sites (tertiary alicyclic amines) is 1. The number of hydrogen-bond donors (Lipinski definition) is 1. The lowest BCUT2D eigenvalue weighted by Crippen LogP contribution is -2.43. The van der Waals surface area contributed by atoms with Crippen LogP contribution in [0.25, 0.3) is 0 Å². The number of piperidine rings is 1. The lowest BCUT2D eigenvalue weighted by atomic mass is 9.97. The number of benzene rings is 2. The molecule has 0 atom stereocenters. The Bertz CT molecular complexity index is 1050. The lowest BCUT2D eigenvalue weighted by molar-refractivity contribution is 0.0587. The largest absolute Gasteiger partial charge is 0.465 e. The van der Waals surface area contributed by atoms with Crippen LogP contribution >= 0.6 is 0 Å². The van der Waals surface area contributed by atoms with Crippen molar-refractivity contribution >= 4 is 24.1 Å². The second kappa shape index (κ2) is 11.7. The average Bonchev–Trinajstić information content (AvgIpc) is 2.87. The highest BCUT2D eigenvalue weighted by Crippen LogP contribution is 2.23. The molecule has 34 heavy (non-hydrogen) atoms. The van der Waals surface area contributed by atoms with Crippen LogP contribution in [-0.2, 0) is 9.47 Å². The summed E-state index contributed by atoms with van der Waals surface area (Å²) in [5.41, 5.74) is 0.325. The number of nitrogens with one attached hydrogen (secondary N) is 1. The Morgan fingerprint density at radius 3 is 1.85 bits per heavy atom. The van der Waals surface area contributed by atoms with Crippen molar-refractivity contribution in [3.05, 3.63) is 59.7 Å². The number of ether oxygens (including phenoxy) is 4. The Balaban J connectivity index is 1.46. The van der Waals surface area contributed by atoms with E-state index >= 15 is 0 Å². The Morgan fingerprint density at radius 2 is 1.32 bits per heavy atom. The Hall–Kier alpha value is -4.08. The third kappa shape index (κ3) is 6.25. The maximum Gasteiger partial charge on any atom is 0.415 e. The highest BCUT2D eigenvalue weighted by molar-refractivity contribution is 5.94. The summed E-state index contributed by atoms with van der Waals surface area (Å²) in [5.74, 6) is -0.810. The summed E-state index contributed by atoms with van der Waals surface area (Å²) in [7, 11) is 2.51. The number of amides is 2. The zero-order valence-corrected chi connectivity index (χ0v) is 18.9. The highest BCUT2D eigenvalue weighted by atomic mass is 16.6. The molecule has 2 aromatic rings. The molecule has 180 valence electrons. The maximum atomic E-state index is 12.5. The molecule has 1 fully saturated rings. The van der Waals surface area contributed by atoms with E-state index in [2.05, 4.69) is 10.1 Å². The predicted molar refractivity (Wildman–Crippen MR) is 120 cm³/mol. The molecular weight excluding hydrogens is 444 g/mol. The van der Waals surface area contributed by atoms with E-state index in [1.54, 1.807) is 29.2 Å². The molecule has 0 spiro atoms. The van der Waals surface area contributed by atoms with Gasteiger partial charge in [-0.3, -0.25) is 0 Å². The summed E-state index contributed by atoms with van der Waals surface area (Å²) in [6.45, 7) is 1.23. The van der Waals surface area contributed by atoms with Crippen LogP contribution in [0.3, 0.4) is 0 Å². The normalized spacial score (nSPS) is 13.5. The zero-order chi connectivity index (χ0) is 24.5. The highest BCUT2D eigenvalue weighted by Gasteiger charge is 2.26. The van der Waals surface area contributed by atoms with Crippen LogP contribution < -0.4 is 14.8 Å². The fourth-order valence-corrected chi connectivity index (χ4v) is 3.51. The number of carbonyl (C=O) groups excluding carboxylic acids is 4. The number of rotatable bonds is 6. The second-order valence-electron chi connectivity index (χ2n) is 7.54. The second-order valence-corrected chi connectivity index (χ2v) is 7.54. The van der Waals surface area contributed by atoms with Crippen molar-refractivity contribution in [1.82, 2.24) is 10.2 Å². The molecule has 0 aliphatic carbocycles. The van der Waals surface area contributed by atoms with Crippen molar-refractivity contribution < 1.29 is 38.1 Å². The van der Waals surface area contributed by atoms with Crippen LogP contribution in [0.4, 0.5) is 9.59 Å². The first-order chi connectivity index (χ1) is 16.4. The van der Waals surface area contributed by atoms with Gasteiger partial charge < -0.3 is 29.2 Å². The number of esters is 2. The number of para-hydroxylation sites is 2. The van der Waals surface area contributed by atoms with Gasteiger partial charge in [0.15, 0.2) is 0 Å². The predicted octanol–water partition coefficient (Wildman–Crippen LogP) is 3.26. The van der Waals surface area contributed by atoms with Gasteiger partial charge in [-0.1, -0.05) is 24.3 Å². The van der Waals surface area contributed by atoms with Crippen molar-refractivity contribution in [3.63, 3.8) is 0 Å². The van der Waals surface area contributed by atoms with Crippen molar-refractivity contribution in [2.75, 3.05) is 33.9 Å². The molecular formula is C24H26N2O8.